The van der Waals surface area contributed by atoms with Crippen molar-refractivity contribution in [1.29, 1.82) is 0 Å². The molecule has 1 heterocycles. The number of alkyl halides is 2. The summed E-state index contributed by atoms with van der Waals surface area (Å²) in [4.78, 5) is 0. The van der Waals surface area contributed by atoms with Crippen molar-refractivity contribution in [3.05, 3.63) is 18.0 Å². The van der Waals surface area contributed by atoms with E-state index in [-0.39, 0.29) is 0 Å². The molecule has 0 N–H and O–H groups in total. The molecular weight excluding hydrogens is 198 g/mol. The third kappa shape index (κ3) is 3.29. The molecule has 0 saturated carbocycles. The van der Waals surface area contributed by atoms with Crippen molar-refractivity contribution in [3.63, 3.8) is 0 Å². The maximum absolute atomic E-state index is 12.3. The van der Waals surface area contributed by atoms with Gasteiger partial charge in [-0.15, -0.1) is 0 Å². The van der Waals surface area contributed by atoms with Crippen molar-refractivity contribution in [3.8, 4) is 0 Å². The predicted molar refractivity (Wildman–Crippen MR) is 56.0 cm³/mol. The fourth-order valence-corrected chi connectivity index (χ4v) is 1.73. The smallest absolute Gasteiger partial charge is 0.211 e. The number of rotatable bonds is 6. The molecule has 1 atom stereocenters. The second kappa shape index (κ2) is 5.83. The highest BCUT2D eigenvalue weighted by Gasteiger charge is 2.13. The van der Waals surface area contributed by atoms with E-state index in [9.17, 15) is 8.78 Å². The highest BCUT2D eigenvalue weighted by Crippen LogP contribution is 2.25. The van der Waals surface area contributed by atoms with Crippen molar-refractivity contribution in [1.82, 2.24) is 9.78 Å². The van der Waals surface area contributed by atoms with Crippen LogP contribution in [0.25, 0.3) is 0 Å². The van der Waals surface area contributed by atoms with Gasteiger partial charge in [0.05, 0.1) is 6.20 Å². The summed E-state index contributed by atoms with van der Waals surface area (Å²) in [6.07, 6.45) is 7.35. The standard InChI is InChI=1S/C11H18F2N2/c1-3-5-6-9(4-2)10-7-14-15(8-10)11(12)13/h7-9,11H,3-6H2,1-2H3. The summed E-state index contributed by atoms with van der Waals surface area (Å²) in [7, 11) is 0. The third-order valence-corrected chi connectivity index (χ3v) is 2.69. The summed E-state index contributed by atoms with van der Waals surface area (Å²) in [5.74, 6) is 0.373. The Morgan fingerprint density at radius 1 is 1.40 bits per heavy atom. The Balaban J connectivity index is 2.65. The molecule has 1 rings (SSSR count). The molecule has 0 radical (unpaired) electrons. The van der Waals surface area contributed by atoms with Gasteiger partial charge in [-0.2, -0.15) is 13.9 Å². The third-order valence-electron chi connectivity index (χ3n) is 2.69. The minimum Gasteiger partial charge on any atom is -0.211 e. The summed E-state index contributed by atoms with van der Waals surface area (Å²) in [5, 5.41) is 3.66. The number of halogens is 2. The zero-order chi connectivity index (χ0) is 11.3. The van der Waals surface area contributed by atoms with Crippen LogP contribution in [0.1, 0.15) is 57.6 Å². The lowest BCUT2D eigenvalue weighted by atomic mass is 9.94. The maximum atomic E-state index is 12.3. The van der Waals surface area contributed by atoms with Crippen LogP contribution in [0.4, 0.5) is 8.78 Å². The summed E-state index contributed by atoms with van der Waals surface area (Å²) < 4.78 is 25.3. The largest absolute Gasteiger partial charge is 0.333 e. The van der Waals surface area contributed by atoms with Crippen molar-refractivity contribution in [2.75, 3.05) is 0 Å². The molecule has 0 aromatic carbocycles. The van der Waals surface area contributed by atoms with Gasteiger partial charge in [0.25, 0.3) is 0 Å². The van der Waals surface area contributed by atoms with Crippen molar-refractivity contribution in [2.24, 2.45) is 0 Å². The van der Waals surface area contributed by atoms with Crippen molar-refractivity contribution in [2.45, 2.75) is 52.0 Å². The lowest BCUT2D eigenvalue weighted by molar-refractivity contribution is 0.0565. The molecule has 0 amide bonds. The van der Waals surface area contributed by atoms with Gasteiger partial charge in [0.1, 0.15) is 0 Å². The van der Waals surface area contributed by atoms with Gasteiger partial charge >= 0.3 is 6.55 Å². The summed E-state index contributed by atoms with van der Waals surface area (Å²) in [6, 6.07) is 0. The molecule has 2 nitrogen and oxygen atoms in total. The molecule has 0 spiro atoms. The van der Waals surface area contributed by atoms with E-state index >= 15 is 0 Å². The van der Waals surface area contributed by atoms with Crippen molar-refractivity contribution >= 4 is 0 Å². The molecule has 0 fully saturated rings. The maximum Gasteiger partial charge on any atom is 0.333 e. The molecule has 86 valence electrons. The molecular formula is C11H18F2N2. The Hall–Kier alpha value is -0.930. The Morgan fingerprint density at radius 3 is 2.60 bits per heavy atom. The van der Waals surface area contributed by atoms with E-state index < -0.39 is 6.55 Å². The monoisotopic (exact) mass is 216 g/mol. The van der Waals surface area contributed by atoms with Gasteiger partial charge in [-0.05, 0) is 24.3 Å². The Morgan fingerprint density at radius 2 is 2.13 bits per heavy atom. The summed E-state index contributed by atoms with van der Waals surface area (Å²) in [6.45, 7) is 1.69. The van der Waals surface area contributed by atoms with E-state index in [1.165, 1.54) is 6.20 Å². The van der Waals surface area contributed by atoms with Gasteiger partial charge < -0.3 is 0 Å². The minimum absolute atomic E-state index is 0.373. The van der Waals surface area contributed by atoms with Crippen LogP contribution in [-0.2, 0) is 0 Å². The molecule has 0 bridgehead atoms. The van der Waals surface area contributed by atoms with Crippen LogP contribution < -0.4 is 0 Å². The molecule has 0 saturated heterocycles. The first kappa shape index (κ1) is 12.1. The average Bonchev–Trinajstić information content (AvgIpc) is 2.68. The van der Waals surface area contributed by atoms with Gasteiger partial charge in [-0.3, -0.25) is 0 Å². The van der Waals surface area contributed by atoms with Crippen LogP contribution in [-0.4, -0.2) is 9.78 Å². The fraction of sp³-hybridized carbons (Fsp3) is 0.727. The number of hydrogen-bond donors (Lipinski definition) is 0. The highest BCUT2D eigenvalue weighted by atomic mass is 19.3. The SMILES string of the molecule is CCCCC(CC)c1cnn(C(F)F)c1. The van der Waals surface area contributed by atoms with Crippen LogP contribution in [0.15, 0.2) is 12.4 Å². The molecule has 1 unspecified atom stereocenters. The van der Waals surface area contributed by atoms with Crippen LogP contribution in [0.5, 0.6) is 0 Å². The van der Waals surface area contributed by atoms with E-state index in [2.05, 4.69) is 18.9 Å². The average molecular weight is 216 g/mol. The zero-order valence-electron chi connectivity index (χ0n) is 9.29. The van der Waals surface area contributed by atoms with E-state index in [1.54, 1.807) is 6.20 Å². The van der Waals surface area contributed by atoms with Crippen LogP contribution in [0, 0.1) is 0 Å². The van der Waals surface area contributed by atoms with E-state index in [4.69, 9.17) is 0 Å². The first-order valence-corrected chi connectivity index (χ1v) is 5.51. The normalized spacial score (nSPS) is 13.4. The van der Waals surface area contributed by atoms with Gasteiger partial charge in [-0.1, -0.05) is 26.7 Å². The molecule has 1 aromatic heterocycles. The quantitative estimate of drug-likeness (QED) is 0.703. The molecule has 0 aliphatic carbocycles. The van der Waals surface area contributed by atoms with E-state index in [0.717, 1.165) is 35.9 Å². The Bertz CT molecular complexity index is 284. The summed E-state index contributed by atoms with van der Waals surface area (Å²) >= 11 is 0. The Labute approximate surface area is 89.3 Å². The topological polar surface area (TPSA) is 17.8 Å². The number of aromatic nitrogens is 2. The second-order valence-electron chi connectivity index (χ2n) is 3.78. The molecule has 4 heteroatoms. The lowest BCUT2D eigenvalue weighted by Gasteiger charge is -2.11. The first-order valence-electron chi connectivity index (χ1n) is 5.51. The zero-order valence-corrected chi connectivity index (χ0v) is 9.29. The molecule has 1 aromatic rings. The number of unbranched alkanes of at least 4 members (excludes halogenated alkanes) is 1. The molecule has 0 aliphatic heterocycles. The molecule has 15 heavy (non-hydrogen) atoms. The van der Waals surface area contributed by atoms with E-state index in [0.29, 0.717) is 5.92 Å². The van der Waals surface area contributed by atoms with Crippen LogP contribution in [0.2, 0.25) is 0 Å². The summed E-state index contributed by atoms with van der Waals surface area (Å²) in [5.41, 5.74) is 0.936. The number of hydrogen-bond acceptors (Lipinski definition) is 1. The van der Waals surface area contributed by atoms with Gasteiger partial charge in [0.2, 0.25) is 0 Å². The Kier molecular flexibility index (Phi) is 4.72. The van der Waals surface area contributed by atoms with Gasteiger partial charge in [0.15, 0.2) is 0 Å². The van der Waals surface area contributed by atoms with Crippen molar-refractivity contribution < 1.29 is 8.78 Å². The van der Waals surface area contributed by atoms with Crippen LogP contribution in [0.3, 0.4) is 0 Å². The van der Waals surface area contributed by atoms with Gasteiger partial charge in [0, 0.05) is 6.20 Å². The number of nitrogens with zero attached hydrogens (tertiary/aromatic N) is 2. The first-order chi connectivity index (χ1) is 7.19. The lowest BCUT2D eigenvalue weighted by Crippen LogP contribution is -1.98. The highest BCUT2D eigenvalue weighted by molar-refractivity contribution is 5.10. The van der Waals surface area contributed by atoms with Crippen LogP contribution >= 0.6 is 0 Å². The fourth-order valence-electron chi connectivity index (χ4n) is 1.73. The molecule has 0 aliphatic rings. The minimum atomic E-state index is -2.53. The van der Waals surface area contributed by atoms with Gasteiger partial charge in [-0.25, -0.2) is 4.68 Å². The predicted octanol–water partition coefficient (Wildman–Crippen LogP) is 3.96. The van der Waals surface area contributed by atoms with E-state index in [1.807, 2.05) is 0 Å². The second-order valence-corrected chi connectivity index (χ2v) is 3.78.